The molecule has 0 saturated carbocycles. The van der Waals surface area contributed by atoms with E-state index < -0.39 is 0 Å². The summed E-state index contributed by atoms with van der Waals surface area (Å²) in [6.07, 6.45) is 2.71. The number of pyridine rings is 1. The van der Waals surface area contributed by atoms with Crippen LogP contribution in [0.3, 0.4) is 0 Å². The molecule has 1 N–H and O–H groups in total. The maximum Gasteiger partial charge on any atom is 0.257 e. The van der Waals surface area contributed by atoms with Crippen molar-refractivity contribution in [3.63, 3.8) is 0 Å². The molecule has 4 nitrogen and oxygen atoms in total. The van der Waals surface area contributed by atoms with Crippen molar-refractivity contribution in [2.24, 2.45) is 0 Å². The summed E-state index contributed by atoms with van der Waals surface area (Å²) in [6, 6.07) is 3.62. The van der Waals surface area contributed by atoms with E-state index in [4.69, 9.17) is 0 Å². The maximum atomic E-state index is 12.2. The Labute approximate surface area is 103 Å². The minimum absolute atomic E-state index is 0.0432. The van der Waals surface area contributed by atoms with Gasteiger partial charge >= 0.3 is 0 Å². The van der Waals surface area contributed by atoms with Gasteiger partial charge in [-0.2, -0.15) is 0 Å². The van der Waals surface area contributed by atoms with Crippen molar-refractivity contribution in [1.82, 2.24) is 9.88 Å². The van der Waals surface area contributed by atoms with Crippen molar-refractivity contribution in [2.75, 3.05) is 25.0 Å². The second kappa shape index (κ2) is 6.89. The molecule has 0 radical (unpaired) electrons. The van der Waals surface area contributed by atoms with Gasteiger partial charge in [0.05, 0.1) is 5.56 Å². The number of carbonyl (C=O) groups is 1. The summed E-state index contributed by atoms with van der Waals surface area (Å²) in [6.45, 7) is 8.32. The van der Waals surface area contributed by atoms with E-state index in [1.54, 1.807) is 17.2 Å². The van der Waals surface area contributed by atoms with Crippen LogP contribution in [-0.4, -0.2) is 35.4 Å². The van der Waals surface area contributed by atoms with Crippen LogP contribution in [0.1, 0.15) is 37.6 Å². The van der Waals surface area contributed by atoms with Gasteiger partial charge in [-0.1, -0.05) is 6.92 Å². The Morgan fingerprint density at radius 3 is 2.65 bits per heavy atom. The maximum absolute atomic E-state index is 12.2. The van der Waals surface area contributed by atoms with Crippen molar-refractivity contribution >= 4 is 11.7 Å². The summed E-state index contributed by atoms with van der Waals surface area (Å²) in [5, 5.41) is 3.19. The Bertz CT molecular complexity index is 361. The second-order valence-electron chi connectivity index (χ2n) is 3.80. The van der Waals surface area contributed by atoms with E-state index in [9.17, 15) is 4.79 Å². The molecular weight excluding hydrogens is 214 g/mol. The van der Waals surface area contributed by atoms with E-state index in [0.717, 1.165) is 26.1 Å². The van der Waals surface area contributed by atoms with Gasteiger partial charge in [-0.25, -0.2) is 4.98 Å². The topological polar surface area (TPSA) is 45.2 Å². The summed E-state index contributed by atoms with van der Waals surface area (Å²) in [4.78, 5) is 18.3. The molecule has 1 rings (SSSR count). The normalized spacial score (nSPS) is 10.1. The molecular formula is C13H21N3O. The first-order valence-electron chi connectivity index (χ1n) is 6.22. The first-order chi connectivity index (χ1) is 8.24. The molecule has 1 amide bonds. The molecule has 1 aromatic rings. The number of anilines is 1. The zero-order valence-corrected chi connectivity index (χ0v) is 10.9. The van der Waals surface area contributed by atoms with Crippen LogP contribution in [0.5, 0.6) is 0 Å². The van der Waals surface area contributed by atoms with Crippen LogP contribution in [0.4, 0.5) is 5.82 Å². The van der Waals surface area contributed by atoms with Gasteiger partial charge in [-0.15, -0.1) is 0 Å². The summed E-state index contributed by atoms with van der Waals surface area (Å²) in [5.41, 5.74) is 0.657. The van der Waals surface area contributed by atoms with Crippen LogP contribution in [0, 0.1) is 0 Å². The van der Waals surface area contributed by atoms with Crippen molar-refractivity contribution in [2.45, 2.75) is 27.2 Å². The highest BCUT2D eigenvalue weighted by molar-refractivity contribution is 5.98. The molecule has 0 atom stereocenters. The number of amides is 1. The van der Waals surface area contributed by atoms with E-state index in [2.05, 4.69) is 17.2 Å². The standard InChI is InChI=1S/C13H21N3O/c1-4-9-14-12-11(8-7-10-15-12)13(17)16(5-2)6-3/h7-8,10H,4-6,9H2,1-3H3,(H,14,15). The molecule has 0 fully saturated rings. The monoisotopic (exact) mass is 235 g/mol. The zero-order chi connectivity index (χ0) is 12.7. The smallest absolute Gasteiger partial charge is 0.257 e. The van der Waals surface area contributed by atoms with Crippen LogP contribution in [-0.2, 0) is 0 Å². The lowest BCUT2D eigenvalue weighted by atomic mass is 10.2. The Kier molecular flexibility index (Phi) is 5.46. The molecule has 94 valence electrons. The first kappa shape index (κ1) is 13.5. The van der Waals surface area contributed by atoms with Gasteiger partial charge in [0.15, 0.2) is 0 Å². The van der Waals surface area contributed by atoms with Gasteiger partial charge < -0.3 is 10.2 Å². The third-order valence-electron chi connectivity index (χ3n) is 2.63. The zero-order valence-electron chi connectivity index (χ0n) is 10.9. The molecule has 0 aromatic carbocycles. The number of aromatic nitrogens is 1. The molecule has 0 bridgehead atoms. The Morgan fingerprint density at radius 1 is 1.35 bits per heavy atom. The number of hydrogen-bond acceptors (Lipinski definition) is 3. The van der Waals surface area contributed by atoms with Gasteiger partial charge in [0, 0.05) is 25.8 Å². The molecule has 0 aliphatic rings. The van der Waals surface area contributed by atoms with Gasteiger partial charge in [-0.3, -0.25) is 4.79 Å². The highest BCUT2D eigenvalue weighted by Crippen LogP contribution is 2.14. The van der Waals surface area contributed by atoms with Crippen LogP contribution < -0.4 is 5.32 Å². The molecule has 1 aromatic heterocycles. The minimum Gasteiger partial charge on any atom is -0.369 e. The lowest BCUT2D eigenvalue weighted by Gasteiger charge is -2.20. The SMILES string of the molecule is CCCNc1ncccc1C(=O)N(CC)CC. The van der Waals surface area contributed by atoms with Crippen LogP contribution >= 0.6 is 0 Å². The summed E-state index contributed by atoms with van der Waals surface area (Å²) in [5.74, 6) is 0.730. The molecule has 0 aliphatic carbocycles. The predicted molar refractivity (Wildman–Crippen MR) is 70.3 cm³/mol. The molecule has 0 saturated heterocycles. The van der Waals surface area contributed by atoms with E-state index in [1.165, 1.54) is 0 Å². The van der Waals surface area contributed by atoms with Gasteiger partial charge in [0.1, 0.15) is 5.82 Å². The third-order valence-corrected chi connectivity index (χ3v) is 2.63. The second-order valence-corrected chi connectivity index (χ2v) is 3.80. The highest BCUT2D eigenvalue weighted by Gasteiger charge is 2.16. The lowest BCUT2D eigenvalue weighted by Crippen LogP contribution is -2.31. The quantitative estimate of drug-likeness (QED) is 0.823. The summed E-state index contributed by atoms with van der Waals surface area (Å²) in [7, 11) is 0. The highest BCUT2D eigenvalue weighted by atomic mass is 16.2. The van der Waals surface area contributed by atoms with Crippen molar-refractivity contribution in [3.05, 3.63) is 23.9 Å². The van der Waals surface area contributed by atoms with Crippen molar-refractivity contribution < 1.29 is 4.79 Å². The number of rotatable bonds is 6. The van der Waals surface area contributed by atoms with E-state index in [1.807, 2.05) is 19.9 Å². The number of nitrogens with one attached hydrogen (secondary N) is 1. The first-order valence-corrected chi connectivity index (χ1v) is 6.22. The van der Waals surface area contributed by atoms with Crippen molar-refractivity contribution in [3.8, 4) is 0 Å². The number of carbonyl (C=O) groups excluding carboxylic acids is 1. The van der Waals surface area contributed by atoms with Gasteiger partial charge in [0.2, 0.25) is 0 Å². The molecule has 17 heavy (non-hydrogen) atoms. The van der Waals surface area contributed by atoms with E-state index in [-0.39, 0.29) is 5.91 Å². The largest absolute Gasteiger partial charge is 0.369 e. The molecule has 1 heterocycles. The Hall–Kier alpha value is -1.58. The van der Waals surface area contributed by atoms with Gasteiger partial charge in [-0.05, 0) is 32.4 Å². The van der Waals surface area contributed by atoms with Gasteiger partial charge in [0.25, 0.3) is 5.91 Å². The van der Waals surface area contributed by atoms with E-state index in [0.29, 0.717) is 11.4 Å². The third kappa shape index (κ3) is 3.44. The Balaban J connectivity index is 2.91. The number of nitrogens with zero attached hydrogens (tertiary/aromatic N) is 2. The average molecular weight is 235 g/mol. The van der Waals surface area contributed by atoms with E-state index >= 15 is 0 Å². The summed E-state index contributed by atoms with van der Waals surface area (Å²) < 4.78 is 0. The fourth-order valence-electron chi connectivity index (χ4n) is 1.64. The van der Waals surface area contributed by atoms with Crippen LogP contribution in [0.15, 0.2) is 18.3 Å². The average Bonchev–Trinajstić information content (AvgIpc) is 2.38. The molecule has 0 spiro atoms. The fraction of sp³-hybridized carbons (Fsp3) is 0.538. The minimum atomic E-state index is 0.0432. The lowest BCUT2D eigenvalue weighted by molar-refractivity contribution is 0.0773. The predicted octanol–water partition coefficient (Wildman–Crippen LogP) is 2.39. The summed E-state index contributed by atoms with van der Waals surface area (Å²) >= 11 is 0. The molecule has 4 heteroatoms. The molecule has 0 unspecified atom stereocenters. The molecule has 0 aliphatic heterocycles. The Morgan fingerprint density at radius 2 is 2.06 bits per heavy atom. The number of hydrogen-bond donors (Lipinski definition) is 1. The van der Waals surface area contributed by atoms with Crippen LogP contribution in [0.25, 0.3) is 0 Å². The fourth-order valence-corrected chi connectivity index (χ4v) is 1.64. The van der Waals surface area contributed by atoms with Crippen LogP contribution in [0.2, 0.25) is 0 Å². The van der Waals surface area contributed by atoms with Crippen molar-refractivity contribution in [1.29, 1.82) is 0 Å².